The number of amides is 2. The zero-order valence-corrected chi connectivity index (χ0v) is 17.0. The Hall–Kier alpha value is -2.17. The first kappa shape index (κ1) is 20.1. The van der Waals surface area contributed by atoms with Gasteiger partial charge in [-0.25, -0.2) is 12.7 Å². The fraction of sp³-hybridized carbons (Fsp3) is 0.222. The maximum absolute atomic E-state index is 12.8. The van der Waals surface area contributed by atoms with Gasteiger partial charge < -0.3 is 5.32 Å². The molecule has 2 aromatic rings. The zero-order chi connectivity index (χ0) is 20.9. The summed E-state index contributed by atoms with van der Waals surface area (Å²) in [6.45, 7) is 0. The van der Waals surface area contributed by atoms with Crippen LogP contribution in [0.5, 0.6) is 0 Å². The van der Waals surface area contributed by atoms with Crippen LogP contribution in [0.2, 0.25) is 5.02 Å². The molecule has 0 saturated heterocycles. The largest absolute Gasteiger partial charge is 0.321 e. The second-order valence-electron chi connectivity index (χ2n) is 6.50. The second-order valence-corrected chi connectivity index (χ2v) is 9.69. The number of nitrogens with zero attached hydrogens (tertiary/aromatic N) is 1. The molecule has 0 spiro atoms. The first-order valence-electron chi connectivity index (χ1n) is 8.47. The van der Waals surface area contributed by atoms with Crippen LogP contribution in [-0.4, -0.2) is 36.3 Å². The van der Waals surface area contributed by atoms with Gasteiger partial charge in [0.15, 0.2) is 0 Å². The minimum atomic E-state index is -4.01. The summed E-state index contributed by atoms with van der Waals surface area (Å²) in [6.07, 6.45) is 1.23. The minimum absolute atomic E-state index is 0.00128. The number of fused-ring (bicyclic) bond motifs is 1. The quantitative estimate of drug-likeness (QED) is 0.678. The molecule has 0 radical (unpaired) electrons. The highest BCUT2D eigenvalue weighted by Gasteiger charge is 2.48. The van der Waals surface area contributed by atoms with E-state index in [9.17, 15) is 26.8 Å². The first-order valence-corrected chi connectivity index (χ1v) is 11.2. The Morgan fingerprint density at radius 3 is 2.62 bits per heavy atom. The Balaban J connectivity index is 1.65. The molecule has 1 saturated carbocycles. The summed E-state index contributed by atoms with van der Waals surface area (Å²) in [4.78, 5) is 24.8. The highest BCUT2D eigenvalue weighted by Crippen LogP contribution is 2.40. The normalized spacial score (nSPS) is 17.5. The third kappa shape index (κ3) is 3.60. The topological polar surface area (TPSA) is 83.6 Å². The van der Waals surface area contributed by atoms with Crippen LogP contribution < -0.4 is 5.32 Å². The lowest BCUT2D eigenvalue weighted by molar-refractivity contribution is 0.0864. The van der Waals surface area contributed by atoms with E-state index in [1.807, 2.05) is 0 Å². The lowest BCUT2D eigenvalue weighted by Gasteiger charge is -2.13. The van der Waals surface area contributed by atoms with Crippen molar-refractivity contribution < 1.29 is 26.8 Å². The number of hydrogen-bond acceptors (Lipinski definition) is 5. The number of carbonyl (C=O) groups excluding carboxylic acids is 2. The van der Waals surface area contributed by atoms with E-state index in [1.165, 1.54) is 30.3 Å². The summed E-state index contributed by atoms with van der Waals surface area (Å²) in [7, 11) is -4.01. The Morgan fingerprint density at radius 2 is 1.97 bits per heavy atom. The van der Waals surface area contributed by atoms with Crippen LogP contribution in [0.3, 0.4) is 0 Å². The van der Waals surface area contributed by atoms with Crippen LogP contribution in [0.4, 0.5) is 14.5 Å². The number of rotatable bonds is 5. The van der Waals surface area contributed by atoms with E-state index in [4.69, 9.17) is 11.6 Å². The van der Waals surface area contributed by atoms with E-state index >= 15 is 0 Å². The molecule has 1 fully saturated rings. The summed E-state index contributed by atoms with van der Waals surface area (Å²) in [5, 5.41) is 2.53. The maximum Gasteiger partial charge on any atom is 0.289 e. The zero-order valence-electron chi connectivity index (χ0n) is 14.6. The molecule has 1 aliphatic carbocycles. The van der Waals surface area contributed by atoms with Gasteiger partial charge in [0.2, 0.25) is 0 Å². The van der Waals surface area contributed by atoms with E-state index in [-0.39, 0.29) is 49.4 Å². The van der Waals surface area contributed by atoms with Crippen molar-refractivity contribution in [2.45, 2.75) is 34.4 Å². The average Bonchev–Trinajstić information content (AvgIpc) is 3.45. The van der Waals surface area contributed by atoms with Gasteiger partial charge in [-0.1, -0.05) is 29.4 Å². The number of nitrogens with one attached hydrogen (secondary N) is 1. The molecule has 2 amide bonds. The number of sulfonamides is 1. The monoisotopic (exact) mass is 458 g/mol. The van der Waals surface area contributed by atoms with Crippen LogP contribution >= 0.6 is 23.4 Å². The molecule has 1 heterocycles. The van der Waals surface area contributed by atoms with Crippen molar-refractivity contribution in [3.05, 3.63) is 52.5 Å². The highest BCUT2D eigenvalue weighted by atomic mass is 35.5. The Labute approximate surface area is 174 Å². The van der Waals surface area contributed by atoms with Crippen molar-refractivity contribution in [2.24, 2.45) is 0 Å². The van der Waals surface area contributed by atoms with Crippen LogP contribution in [0.15, 0.2) is 46.2 Å². The summed E-state index contributed by atoms with van der Waals surface area (Å²) >= 11 is 6.15. The fourth-order valence-electron chi connectivity index (χ4n) is 3.07. The first-order chi connectivity index (χ1) is 13.7. The molecule has 29 heavy (non-hydrogen) atoms. The lowest BCUT2D eigenvalue weighted by atomic mass is 10.1. The summed E-state index contributed by atoms with van der Waals surface area (Å²) < 4.78 is 51.9. The van der Waals surface area contributed by atoms with Crippen molar-refractivity contribution >= 4 is 50.9 Å². The van der Waals surface area contributed by atoms with Crippen molar-refractivity contribution in [2.75, 3.05) is 5.32 Å². The third-order valence-corrected chi connectivity index (χ3v) is 7.67. The Morgan fingerprint density at radius 1 is 1.24 bits per heavy atom. The predicted octanol–water partition coefficient (Wildman–Crippen LogP) is 4.21. The predicted molar refractivity (Wildman–Crippen MR) is 104 cm³/mol. The van der Waals surface area contributed by atoms with Gasteiger partial charge in [-0.2, -0.15) is 8.78 Å². The van der Waals surface area contributed by atoms with E-state index in [1.54, 1.807) is 0 Å². The standard InChI is InChI=1S/C18H13ClF2N2O4S2/c19-12-2-1-3-13(15(12)28-18(20)21)22-16(24)9-4-7-11-14(8-9)29(26,27)23(17(11)25)10-5-6-10/h1-4,7-8,10,18H,5-6H2,(H,22,24). The molecule has 2 aromatic carbocycles. The van der Waals surface area contributed by atoms with Gasteiger partial charge in [-0.3, -0.25) is 9.59 Å². The molecule has 0 unspecified atom stereocenters. The smallest absolute Gasteiger partial charge is 0.289 e. The van der Waals surface area contributed by atoms with Crippen LogP contribution in [0.25, 0.3) is 0 Å². The number of alkyl halides is 2. The van der Waals surface area contributed by atoms with Gasteiger partial charge in [0.1, 0.15) is 4.90 Å². The maximum atomic E-state index is 12.8. The Bertz CT molecular complexity index is 1140. The average molecular weight is 459 g/mol. The molecule has 1 aliphatic heterocycles. The van der Waals surface area contributed by atoms with Crippen molar-refractivity contribution in [1.82, 2.24) is 4.31 Å². The van der Waals surface area contributed by atoms with E-state index < -0.39 is 27.6 Å². The number of anilines is 1. The van der Waals surface area contributed by atoms with Gasteiger partial charge in [0, 0.05) is 11.6 Å². The van der Waals surface area contributed by atoms with Crippen molar-refractivity contribution in [3.63, 3.8) is 0 Å². The molecular weight excluding hydrogens is 446 g/mol. The lowest BCUT2D eigenvalue weighted by Crippen LogP contribution is -2.31. The number of halogens is 3. The molecule has 0 atom stereocenters. The summed E-state index contributed by atoms with van der Waals surface area (Å²) in [5.74, 6) is -4.05. The van der Waals surface area contributed by atoms with Gasteiger partial charge >= 0.3 is 0 Å². The number of benzene rings is 2. The van der Waals surface area contributed by atoms with E-state index in [0.29, 0.717) is 12.8 Å². The molecule has 0 bridgehead atoms. The Kier molecular flexibility index (Phi) is 5.04. The highest BCUT2D eigenvalue weighted by molar-refractivity contribution is 7.99. The van der Waals surface area contributed by atoms with E-state index in [0.717, 1.165) is 10.4 Å². The van der Waals surface area contributed by atoms with Crippen molar-refractivity contribution in [3.8, 4) is 0 Å². The third-order valence-electron chi connectivity index (χ3n) is 4.51. The minimum Gasteiger partial charge on any atom is -0.321 e. The summed E-state index contributed by atoms with van der Waals surface area (Å²) in [6, 6.07) is 7.73. The number of thioether (sulfide) groups is 1. The second kappa shape index (κ2) is 7.26. The molecular formula is C18H13ClF2N2O4S2. The molecule has 4 rings (SSSR count). The molecule has 0 aromatic heterocycles. The van der Waals surface area contributed by atoms with Gasteiger partial charge in [-0.15, -0.1) is 0 Å². The van der Waals surface area contributed by atoms with Crippen molar-refractivity contribution in [1.29, 1.82) is 0 Å². The molecule has 6 nitrogen and oxygen atoms in total. The van der Waals surface area contributed by atoms with Crippen LogP contribution in [-0.2, 0) is 10.0 Å². The number of carbonyl (C=O) groups is 2. The van der Waals surface area contributed by atoms with E-state index in [2.05, 4.69) is 5.32 Å². The van der Waals surface area contributed by atoms with Gasteiger partial charge in [0.25, 0.3) is 27.6 Å². The van der Waals surface area contributed by atoms with Crippen LogP contribution in [0, 0.1) is 0 Å². The van der Waals surface area contributed by atoms with Gasteiger partial charge in [-0.05, 0) is 43.2 Å². The molecule has 11 heteroatoms. The molecule has 1 N–H and O–H groups in total. The number of hydrogen-bond donors (Lipinski definition) is 1. The molecule has 152 valence electrons. The SMILES string of the molecule is O=C(Nc1cccc(Cl)c1SC(F)F)c1ccc2c(c1)S(=O)(=O)N(C1CC1)C2=O. The summed E-state index contributed by atoms with van der Waals surface area (Å²) in [5.41, 5.74) is 0.0720. The fourth-order valence-corrected chi connectivity index (χ4v) is 5.82. The van der Waals surface area contributed by atoms with Crippen LogP contribution in [0.1, 0.15) is 33.6 Å². The van der Waals surface area contributed by atoms with Gasteiger partial charge in [0.05, 0.1) is 21.2 Å². The molecule has 2 aliphatic rings.